The molecule has 3 rings (SSSR count). The molecule has 102 valence electrons. The predicted octanol–water partition coefficient (Wildman–Crippen LogP) is 5.11. The van der Waals surface area contributed by atoms with Gasteiger partial charge in [-0.05, 0) is 59.0 Å². The lowest BCUT2D eigenvalue weighted by molar-refractivity contribution is 0.726. The zero-order chi connectivity index (χ0) is 14.1. The van der Waals surface area contributed by atoms with Crippen LogP contribution in [-0.2, 0) is 6.42 Å². The van der Waals surface area contributed by atoms with Gasteiger partial charge in [0, 0.05) is 15.8 Å². The number of aryl methyl sites for hydroxylation is 1. The number of halogens is 1. The molecule has 0 fully saturated rings. The third-order valence-electron chi connectivity index (χ3n) is 3.49. The molecule has 1 atom stereocenters. The Labute approximate surface area is 128 Å². The highest BCUT2D eigenvalue weighted by Crippen LogP contribution is 2.29. The summed E-state index contributed by atoms with van der Waals surface area (Å²) in [5, 5.41) is 4.28. The van der Waals surface area contributed by atoms with Crippen LogP contribution in [0.3, 0.4) is 0 Å². The first-order chi connectivity index (χ1) is 9.63. The molecule has 0 spiro atoms. The summed E-state index contributed by atoms with van der Waals surface area (Å²) in [6.45, 7) is 2.04. The minimum Gasteiger partial charge on any atom is -0.324 e. The average molecular weight is 302 g/mol. The molecule has 0 bridgehead atoms. The van der Waals surface area contributed by atoms with Crippen LogP contribution >= 0.6 is 22.9 Å². The summed E-state index contributed by atoms with van der Waals surface area (Å²) in [4.78, 5) is 0. The van der Waals surface area contributed by atoms with Crippen LogP contribution in [0.25, 0.3) is 10.1 Å². The summed E-state index contributed by atoms with van der Waals surface area (Å²) < 4.78 is 1.32. The predicted molar refractivity (Wildman–Crippen MR) is 88.6 cm³/mol. The van der Waals surface area contributed by atoms with Crippen molar-refractivity contribution >= 4 is 33.0 Å². The van der Waals surface area contributed by atoms with E-state index in [0.717, 1.165) is 22.6 Å². The van der Waals surface area contributed by atoms with Gasteiger partial charge in [0.05, 0.1) is 0 Å². The van der Waals surface area contributed by atoms with E-state index in [4.69, 9.17) is 17.3 Å². The van der Waals surface area contributed by atoms with Gasteiger partial charge in [-0.25, -0.2) is 0 Å². The molecule has 0 amide bonds. The average Bonchev–Trinajstić information content (AvgIpc) is 2.81. The fourth-order valence-corrected chi connectivity index (χ4v) is 3.80. The molecule has 0 radical (unpaired) electrons. The third-order valence-corrected chi connectivity index (χ3v) is 4.72. The fraction of sp³-hybridized carbons (Fsp3) is 0.176. The number of nitrogens with two attached hydrogens (primary N) is 1. The topological polar surface area (TPSA) is 26.0 Å². The van der Waals surface area contributed by atoms with Crippen LogP contribution in [0.5, 0.6) is 0 Å². The van der Waals surface area contributed by atoms with E-state index in [1.807, 2.05) is 19.1 Å². The van der Waals surface area contributed by atoms with E-state index in [9.17, 15) is 0 Å². The maximum Gasteiger partial charge on any atom is 0.0411 e. The molecule has 0 aliphatic heterocycles. The first-order valence-corrected chi connectivity index (χ1v) is 7.87. The van der Waals surface area contributed by atoms with Crippen molar-refractivity contribution in [1.29, 1.82) is 0 Å². The van der Waals surface area contributed by atoms with Gasteiger partial charge in [0.25, 0.3) is 0 Å². The number of hydrogen-bond donors (Lipinski definition) is 1. The van der Waals surface area contributed by atoms with E-state index in [0.29, 0.717) is 0 Å². The van der Waals surface area contributed by atoms with E-state index in [2.05, 4.69) is 35.7 Å². The molecule has 1 unspecified atom stereocenters. The molecule has 20 heavy (non-hydrogen) atoms. The minimum absolute atomic E-state index is 0.0228. The second-order valence-corrected chi connectivity index (χ2v) is 6.48. The van der Waals surface area contributed by atoms with E-state index >= 15 is 0 Å². The van der Waals surface area contributed by atoms with Crippen LogP contribution < -0.4 is 5.73 Å². The Morgan fingerprint density at radius 3 is 2.80 bits per heavy atom. The van der Waals surface area contributed by atoms with Crippen LogP contribution in [0, 0.1) is 6.92 Å². The van der Waals surface area contributed by atoms with Crippen LogP contribution in [0.4, 0.5) is 0 Å². The first kappa shape index (κ1) is 13.6. The van der Waals surface area contributed by atoms with Gasteiger partial charge >= 0.3 is 0 Å². The van der Waals surface area contributed by atoms with Crippen molar-refractivity contribution in [2.45, 2.75) is 19.4 Å². The molecule has 0 saturated heterocycles. The molecule has 2 aromatic carbocycles. The number of fused-ring (bicyclic) bond motifs is 1. The monoisotopic (exact) mass is 301 g/mol. The Bertz CT molecular complexity index is 727. The summed E-state index contributed by atoms with van der Waals surface area (Å²) in [5.74, 6) is 0. The van der Waals surface area contributed by atoms with Gasteiger partial charge in [-0.3, -0.25) is 0 Å². The van der Waals surface area contributed by atoms with Crippen molar-refractivity contribution in [3.05, 3.63) is 69.6 Å². The van der Waals surface area contributed by atoms with Gasteiger partial charge in [0.2, 0.25) is 0 Å². The number of rotatable bonds is 3. The molecule has 1 aromatic heterocycles. The Morgan fingerprint density at radius 1 is 1.20 bits per heavy atom. The molecular weight excluding hydrogens is 286 g/mol. The van der Waals surface area contributed by atoms with Crippen molar-refractivity contribution in [3.8, 4) is 0 Å². The second kappa shape index (κ2) is 5.57. The van der Waals surface area contributed by atoms with Crippen molar-refractivity contribution < 1.29 is 0 Å². The Hall–Kier alpha value is -1.35. The Balaban J connectivity index is 1.90. The molecule has 0 saturated carbocycles. The maximum absolute atomic E-state index is 6.36. The largest absolute Gasteiger partial charge is 0.324 e. The summed E-state index contributed by atoms with van der Waals surface area (Å²) in [6, 6.07) is 14.5. The number of benzene rings is 2. The number of thiophene rings is 1. The summed E-state index contributed by atoms with van der Waals surface area (Å²) >= 11 is 7.89. The van der Waals surface area contributed by atoms with E-state index in [1.54, 1.807) is 11.3 Å². The van der Waals surface area contributed by atoms with E-state index < -0.39 is 0 Å². The minimum atomic E-state index is -0.0228. The molecule has 1 nitrogen and oxygen atoms in total. The zero-order valence-corrected chi connectivity index (χ0v) is 12.8. The van der Waals surface area contributed by atoms with E-state index in [-0.39, 0.29) is 6.04 Å². The SMILES string of the molecule is Cc1cc(Cl)cc(C(N)Cc2csc3ccccc23)c1. The van der Waals surface area contributed by atoms with Crippen molar-refractivity contribution in [2.75, 3.05) is 0 Å². The molecule has 0 aliphatic rings. The quantitative estimate of drug-likeness (QED) is 0.715. The molecule has 0 aliphatic carbocycles. The summed E-state index contributed by atoms with van der Waals surface area (Å²) in [7, 11) is 0. The number of hydrogen-bond acceptors (Lipinski definition) is 2. The lowest BCUT2D eigenvalue weighted by Gasteiger charge is -2.13. The van der Waals surface area contributed by atoms with Gasteiger partial charge < -0.3 is 5.73 Å². The molecular formula is C17H16ClNS. The van der Waals surface area contributed by atoms with E-state index in [1.165, 1.54) is 15.6 Å². The smallest absolute Gasteiger partial charge is 0.0411 e. The van der Waals surface area contributed by atoms with Crippen molar-refractivity contribution in [1.82, 2.24) is 0 Å². The van der Waals surface area contributed by atoms with Gasteiger partial charge in [-0.2, -0.15) is 0 Å². The third kappa shape index (κ3) is 2.73. The first-order valence-electron chi connectivity index (χ1n) is 6.61. The highest BCUT2D eigenvalue weighted by Gasteiger charge is 2.11. The van der Waals surface area contributed by atoms with Crippen LogP contribution in [0.2, 0.25) is 5.02 Å². The van der Waals surface area contributed by atoms with Crippen molar-refractivity contribution in [3.63, 3.8) is 0 Å². The Kier molecular flexibility index (Phi) is 3.79. The maximum atomic E-state index is 6.36. The standard InChI is InChI=1S/C17H16ClNS/c1-11-6-12(8-14(18)7-11)16(19)9-13-10-20-17-5-3-2-4-15(13)17/h2-8,10,16H,9,19H2,1H3. The zero-order valence-electron chi connectivity index (χ0n) is 11.3. The molecule has 1 heterocycles. The highest BCUT2D eigenvalue weighted by molar-refractivity contribution is 7.17. The van der Waals surface area contributed by atoms with Gasteiger partial charge in [-0.15, -0.1) is 11.3 Å². The van der Waals surface area contributed by atoms with Crippen LogP contribution in [0.1, 0.15) is 22.7 Å². The molecule has 3 aromatic rings. The summed E-state index contributed by atoms with van der Waals surface area (Å²) in [5.41, 5.74) is 9.93. The van der Waals surface area contributed by atoms with Gasteiger partial charge in [0.15, 0.2) is 0 Å². The summed E-state index contributed by atoms with van der Waals surface area (Å²) in [6.07, 6.45) is 0.837. The van der Waals surface area contributed by atoms with Gasteiger partial charge in [0.1, 0.15) is 0 Å². The lowest BCUT2D eigenvalue weighted by Crippen LogP contribution is -2.13. The molecule has 2 N–H and O–H groups in total. The van der Waals surface area contributed by atoms with Crippen LogP contribution in [0.15, 0.2) is 47.8 Å². The van der Waals surface area contributed by atoms with Crippen molar-refractivity contribution in [2.24, 2.45) is 5.73 Å². The normalized spacial score (nSPS) is 12.8. The van der Waals surface area contributed by atoms with Gasteiger partial charge in [-0.1, -0.05) is 35.9 Å². The molecule has 3 heteroatoms. The lowest BCUT2D eigenvalue weighted by atomic mass is 9.98. The van der Waals surface area contributed by atoms with Crippen LogP contribution in [-0.4, -0.2) is 0 Å². The highest BCUT2D eigenvalue weighted by atomic mass is 35.5. The fourth-order valence-electron chi connectivity index (χ4n) is 2.52. The second-order valence-electron chi connectivity index (χ2n) is 5.13. The Morgan fingerprint density at radius 2 is 2.00 bits per heavy atom.